The second kappa shape index (κ2) is 7.27. The lowest BCUT2D eigenvalue weighted by Gasteiger charge is -2.30. The number of anilines is 1. The number of imide groups is 1. The minimum Gasteiger partial charge on any atom is -0.326 e. The molecule has 0 aromatic heterocycles. The molecular formula is C19H23N3O4. The Balaban J connectivity index is 1.67. The summed E-state index contributed by atoms with van der Waals surface area (Å²) in [5.74, 6) is -0.710. The molecule has 138 valence electrons. The zero-order chi connectivity index (χ0) is 18.7. The van der Waals surface area contributed by atoms with Crippen LogP contribution >= 0.6 is 0 Å². The van der Waals surface area contributed by atoms with Gasteiger partial charge in [-0.25, -0.2) is 4.79 Å². The number of urea groups is 1. The molecule has 2 fully saturated rings. The topological polar surface area (TPSA) is 95.6 Å². The Morgan fingerprint density at radius 3 is 2.38 bits per heavy atom. The molecule has 0 unspecified atom stereocenters. The average molecular weight is 357 g/mol. The number of rotatable bonds is 5. The molecular weight excluding hydrogens is 334 g/mol. The summed E-state index contributed by atoms with van der Waals surface area (Å²) in [6.07, 6.45) is 4.50. The predicted octanol–water partition coefficient (Wildman–Crippen LogP) is 2.47. The van der Waals surface area contributed by atoms with Crippen molar-refractivity contribution >= 4 is 29.3 Å². The lowest BCUT2D eigenvalue weighted by atomic mass is 9.82. The van der Waals surface area contributed by atoms with Crippen LogP contribution in [0.3, 0.4) is 0 Å². The van der Waals surface area contributed by atoms with Crippen molar-refractivity contribution in [3.8, 4) is 0 Å². The van der Waals surface area contributed by atoms with Crippen molar-refractivity contribution in [3.63, 3.8) is 0 Å². The van der Waals surface area contributed by atoms with E-state index in [4.69, 9.17) is 0 Å². The second-order valence-electron chi connectivity index (χ2n) is 6.87. The van der Waals surface area contributed by atoms with Crippen LogP contribution in [-0.4, -0.2) is 40.6 Å². The van der Waals surface area contributed by atoms with E-state index in [1.165, 1.54) is 0 Å². The summed E-state index contributed by atoms with van der Waals surface area (Å²) in [4.78, 5) is 49.8. The maximum atomic E-state index is 12.7. The molecule has 1 saturated heterocycles. The molecule has 0 bridgehead atoms. The minimum atomic E-state index is -0.816. The molecule has 26 heavy (non-hydrogen) atoms. The van der Waals surface area contributed by atoms with Gasteiger partial charge in [-0.05, 0) is 37.1 Å². The number of Topliss-reactive ketones (excluding diaryl/α,β-unsaturated/α-hetero) is 1. The molecule has 1 aliphatic heterocycles. The third-order valence-corrected chi connectivity index (χ3v) is 5.07. The molecule has 7 nitrogen and oxygen atoms in total. The summed E-state index contributed by atoms with van der Waals surface area (Å²) in [5.41, 5.74) is 0.179. The van der Waals surface area contributed by atoms with Crippen LogP contribution in [-0.2, 0) is 9.59 Å². The van der Waals surface area contributed by atoms with Crippen LogP contribution in [0.5, 0.6) is 0 Å². The van der Waals surface area contributed by atoms with E-state index in [0.717, 1.165) is 24.2 Å². The summed E-state index contributed by atoms with van der Waals surface area (Å²) in [6.45, 7) is 1.48. The maximum Gasteiger partial charge on any atom is 0.325 e. The standard InChI is InChI=1S/C19H23N3O4/c1-2-16(24)20-14-8-6-13(7-9-14)15(23)12-22-17(25)19(21-18(22)26)10-4-3-5-11-19/h6-9H,2-5,10-12H2,1H3,(H,20,24)(H,21,26). The van der Waals surface area contributed by atoms with E-state index >= 15 is 0 Å². The van der Waals surface area contributed by atoms with Crippen LogP contribution in [0.2, 0.25) is 0 Å². The normalized spacial score (nSPS) is 18.7. The first-order chi connectivity index (χ1) is 12.4. The minimum absolute atomic E-state index is 0.110. The number of hydrogen-bond donors (Lipinski definition) is 2. The van der Waals surface area contributed by atoms with E-state index in [2.05, 4.69) is 10.6 Å². The van der Waals surface area contributed by atoms with Gasteiger partial charge < -0.3 is 10.6 Å². The summed E-state index contributed by atoms with van der Waals surface area (Å²) in [5, 5.41) is 5.51. The van der Waals surface area contributed by atoms with Gasteiger partial charge in [0.25, 0.3) is 5.91 Å². The number of benzene rings is 1. The molecule has 0 radical (unpaired) electrons. The molecule has 4 amide bonds. The molecule has 2 aliphatic rings. The van der Waals surface area contributed by atoms with Gasteiger partial charge in [-0.15, -0.1) is 0 Å². The number of nitrogens with one attached hydrogen (secondary N) is 2. The van der Waals surface area contributed by atoms with Gasteiger partial charge in [-0.3, -0.25) is 19.3 Å². The van der Waals surface area contributed by atoms with Crippen LogP contribution in [0.25, 0.3) is 0 Å². The number of carbonyl (C=O) groups is 4. The van der Waals surface area contributed by atoms with E-state index in [9.17, 15) is 19.2 Å². The quantitative estimate of drug-likeness (QED) is 0.625. The Labute approximate surface area is 152 Å². The number of amides is 4. The zero-order valence-electron chi connectivity index (χ0n) is 14.8. The Morgan fingerprint density at radius 1 is 1.12 bits per heavy atom. The largest absolute Gasteiger partial charge is 0.326 e. The highest BCUT2D eigenvalue weighted by Crippen LogP contribution is 2.33. The highest BCUT2D eigenvalue weighted by molar-refractivity contribution is 6.11. The SMILES string of the molecule is CCC(=O)Nc1ccc(C(=O)CN2C(=O)NC3(CCCCC3)C2=O)cc1. The lowest BCUT2D eigenvalue weighted by molar-refractivity contribution is -0.132. The van der Waals surface area contributed by atoms with Gasteiger partial charge >= 0.3 is 6.03 Å². The van der Waals surface area contributed by atoms with E-state index in [1.807, 2.05) is 0 Å². The Morgan fingerprint density at radius 2 is 1.77 bits per heavy atom. The molecule has 0 atom stereocenters. The molecule has 1 aliphatic carbocycles. The van der Waals surface area contributed by atoms with Crippen molar-refractivity contribution in [3.05, 3.63) is 29.8 Å². The Kier molecular flexibility index (Phi) is 5.06. The lowest BCUT2D eigenvalue weighted by Crippen LogP contribution is -2.48. The van der Waals surface area contributed by atoms with Gasteiger partial charge in [-0.2, -0.15) is 0 Å². The van der Waals surface area contributed by atoms with Crippen molar-refractivity contribution in [1.82, 2.24) is 10.2 Å². The summed E-state index contributed by atoms with van der Waals surface area (Å²) in [7, 11) is 0. The Bertz CT molecular complexity index is 736. The Hall–Kier alpha value is -2.70. The van der Waals surface area contributed by atoms with Gasteiger partial charge in [0.05, 0.1) is 6.54 Å². The van der Waals surface area contributed by atoms with Crippen LogP contribution in [0.4, 0.5) is 10.5 Å². The maximum absolute atomic E-state index is 12.7. The van der Waals surface area contributed by atoms with E-state index in [1.54, 1.807) is 31.2 Å². The summed E-state index contributed by atoms with van der Waals surface area (Å²) >= 11 is 0. The van der Waals surface area contributed by atoms with Crippen LogP contribution in [0.1, 0.15) is 55.8 Å². The third-order valence-electron chi connectivity index (χ3n) is 5.07. The van der Waals surface area contributed by atoms with Crippen LogP contribution < -0.4 is 10.6 Å². The fraction of sp³-hybridized carbons (Fsp3) is 0.474. The summed E-state index contributed by atoms with van der Waals surface area (Å²) in [6, 6.07) is 5.95. The molecule has 1 saturated carbocycles. The fourth-order valence-corrected chi connectivity index (χ4v) is 3.54. The molecule has 2 N–H and O–H groups in total. The van der Waals surface area contributed by atoms with E-state index in [0.29, 0.717) is 30.5 Å². The van der Waals surface area contributed by atoms with Gasteiger partial charge in [0.2, 0.25) is 5.91 Å². The van der Waals surface area contributed by atoms with E-state index < -0.39 is 11.6 Å². The molecule has 7 heteroatoms. The van der Waals surface area contributed by atoms with Gasteiger partial charge in [-0.1, -0.05) is 26.2 Å². The number of nitrogens with zero attached hydrogens (tertiary/aromatic N) is 1. The number of hydrogen-bond acceptors (Lipinski definition) is 4. The third kappa shape index (κ3) is 3.47. The van der Waals surface area contributed by atoms with Crippen molar-refractivity contribution in [1.29, 1.82) is 0 Å². The van der Waals surface area contributed by atoms with Crippen molar-refractivity contribution in [2.45, 2.75) is 51.0 Å². The predicted molar refractivity (Wildman–Crippen MR) is 95.8 cm³/mol. The van der Waals surface area contributed by atoms with Gasteiger partial charge in [0, 0.05) is 17.7 Å². The molecule has 1 spiro atoms. The van der Waals surface area contributed by atoms with Crippen LogP contribution in [0, 0.1) is 0 Å². The number of carbonyl (C=O) groups excluding carboxylic acids is 4. The van der Waals surface area contributed by atoms with Crippen LogP contribution in [0.15, 0.2) is 24.3 Å². The van der Waals surface area contributed by atoms with Crippen molar-refractivity contribution < 1.29 is 19.2 Å². The van der Waals surface area contributed by atoms with Gasteiger partial charge in [0.1, 0.15) is 5.54 Å². The monoisotopic (exact) mass is 357 g/mol. The smallest absolute Gasteiger partial charge is 0.325 e. The summed E-state index contributed by atoms with van der Waals surface area (Å²) < 4.78 is 0. The molecule has 1 aromatic rings. The highest BCUT2D eigenvalue weighted by atomic mass is 16.2. The van der Waals surface area contributed by atoms with Crippen molar-refractivity contribution in [2.24, 2.45) is 0 Å². The fourth-order valence-electron chi connectivity index (χ4n) is 3.54. The van der Waals surface area contributed by atoms with E-state index in [-0.39, 0.29) is 24.1 Å². The molecule has 3 rings (SSSR count). The van der Waals surface area contributed by atoms with Gasteiger partial charge in [0.15, 0.2) is 5.78 Å². The highest BCUT2D eigenvalue weighted by Gasteiger charge is 2.51. The zero-order valence-corrected chi connectivity index (χ0v) is 14.8. The first-order valence-corrected chi connectivity index (χ1v) is 9.02. The average Bonchev–Trinajstić information content (AvgIpc) is 2.86. The first-order valence-electron chi connectivity index (χ1n) is 9.02. The van der Waals surface area contributed by atoms with Crippen molar-refractivity contribution in [2.75, 3.05) is 11.9 Å². The first kappa shape index (κ1) is 18.1. The number of ketones is 1. The molecule has 1 aromatic carbocycles. The molecule has 1 heterocycles. The second-order valence-corrected chi connectivity index (χ2v) is 6.87.